The minimum absolute atomic E-state index is 0.00516. The van der Waals surface area contributed by atoms with E-state index in [1.807, 2.05) is 12.1 Å². The number of carbonyl (C=O) groups excluding carboxylic acids is 1. The molecule has 0 spiro atoms. The number of H-pyrrole nitrogens is 2. The van der Waals surface area contributed by atoms with Crippen molar-refractivity contribution in [1.82, 2.24) is 35.1 Å². The van der Waals surface area contributed by atoms with Gasteiger partial charge in [0.2, 0.25) is 5.91 Å². The van der Waals surface area contributed by atoms with E-state index in [4.69, 9.17) is 4.42 Å². The molecular formula is C28H23FN8O2. The zero-order valence-corrected chi connectivity index (χ0v) is 20.7. The second kappa shape index (κ2) is 9.43. The molecule has 0 aliphatic heterocycles. The van der Waals surface area contributed by atoms with Crippen LogP contribution in [0.4, 0.5) is 10.1 Å². The maximum absolute atomic E-state index is 16.1. The van der Waals surface area contributed by atoms with Crippen molar-refractivity contribution < 1.29 is 13.6 Å². The van der Waals surface area contributed by atoms with Gasteiger partial charge >= 0.3 is 0 Å². The summed E-state index contributed by atoms with van der Waals surface area (Å²) in [5.41, 5.74) is 4.65. The van der Waals surface area contributed by atoms with Gasteiger partial charge in [0.05, 0.1) is 47.0 Å². The fraction of sp³-hybridized carbons (Fsp3) is 0.214. The maximum atomic E-state index is 16.1. The van der Waals surface area contributed by atoms with Crippen molar-refractivity contribution in [1.29, 1.82) is 0 Å². The quantitative estimate of drug-likeness (QED) is 0.257. The molecule has 0 saturated heterocycles. The number of nitrogens with zero attached hydrogens (tertiary/aromatic N) is 5. The Kier molecular flexibility index (Phi) is 5.61. The van der Waals surface area contributed by atoms with Crippen molar-refractivity contribution in [3.8, 4) is 33.9 Å². The Morgan fingerprint density at radius 1 is 1.05 bits per heavy atom. The lowest BCUT2D eigenvalue weighted by molar-refractivity contribution is -0.120. The highest BCUT2D eigenvalue weighted by molar-refractivity contribution is 5.97. The summed E-state index contributed by atoms with van der Waals surface area (Å²) in [6.07, 6.45) is 14.6. The van der Waals surface area contributed by atoms with E-state index in [2.05, 4.69) is 40.4 Å². The molecule has 0 atom stereocenters. The number of halogens is 1. The molecule has 0 bridgehead atoms. The van der Waals surface area contributed by atoms with Crippen LogP contribution in [0.1, 0.15) is 32.1 Å². The SMILES string of the molecule is O=C(Nc1cncc(-c2ncc3[nH]nc(-c4nc5nccc(-c6ccoc6)c5[nH]4)c3c2F)c1)C1CCCCC1. The van der Waals surface area contributed by atoms with Crippen LogP contribution >= 0.6 is 0 Å². The monoisotopic (exact) mass is 522 g/mol. The van der Waals surface area contributed by atoms with Crippen LogP contribution in [0.15, 0.2) is 59.9 Å². The van der Waals surface area contributed by atoms with Gasteiger partial charge in [-0.1, -0.05) is 19.3 Å². The highest BCUT2D eigenvalue weighted by atomic mass is 19.1. The first-order valence-electron chi connectivity index (χ1n) is 12.8. The Bertz CT molecular complexity index is 1820. The van der Waals surface area contributed by atoms with Crippen LogP contribution in [0.3, 0.4) is 0 Å². The van der Waals surface area contributed by atoms with E-state index in [0.717, 1.165) is 36.8 Å². The predicted octanol–water partition coefficient (Wildman–Crippen LogP) is 5.88. The summed E-state index contributed by atoms with van der Waals surface area (Å²) in [6.45, 7) is 0. The Morgan fingerprint density at radius 2 is 1.95 bits per heavy atom. The van der Waals surface area contributed by atoms with E-state index in [-0.39, 0.29) is 22.9 Å². The van der Waals surface area contributed by atoms with Crippen LogP contribution in [0.2, 0.25) is 0 Å². The van der Waals surface area contributed by atoms with Crippen LogP contribution in [-0.4, -0.2) is 41.0 Å². The largest absolute Gasteiger partial charge is 0.472 e. The van der Waals surface area contributed by atoms with Gasteiger partial charge in [-0.05, 0) is 31.0 Å². The number of anilines is 1. The molecule has 0 unspecified atom stereocenters. The van der Waals surface area contributed by atoms with Crippen molar-refractivity contribution in [2.45, 2.75) is 32.1 Å². The topological polar surface area (TPSA) is 138 Å². The van der Waals surface area contributed by atoms with E-state index in [1.54, 1.807) is 31.0 Å². The number of pyridine rings is 3. The van der Waals surface area contributed by atoms with Gasteiger partial charge in [0.25, 0.3) is 0 Å². The molecule has 11 heteroatoms. The predicted molar refractivity (Wildman–Crippen MR) is 143 cm³/mol. The number of hydrogen-bond donors (Lipinski definition) is 3. The highest BCUT2D eigenvalue weighted by Gasteiger charge is 2.23. The van der Waals surface area contributed by atoms with Crippen molar-refractivity contribution in [3.05, 3.63) is 61.3 Å². The fourth-order valence-electron chi connectivity index (χ4n) is 5.28. The van der Waals surface area contributed by atoms with Crippen molar-refractivity contribution in [2.24, 2.45) is 5.92 Å². The van der Waals surface area contributed by atoms with Gasteiger partial charge in [-0.15, -0.1) is 0 Å². The molecule has 6 aromatic heterocycles. The second-order valence-corrected chi connectivity index (χ2v) is 9.72. The molecule has 6 aromatic rings. The number of rotatable bonds is 5. The van der Waals surface area contributed by atoms with Crippen LogP contribution in [0, 0.1) is 11.7 Å². The molecule has 10 nitrogen and oxygen atoms in total. The molecule has 0 aromatic carbocycles. The Labute approximate surface area is 221 Å². The van der Waals surface area contributed by atoms with Gasteiger partial charge < -0.3 is 14.7 Å². The number of aromatic nitrogens is 7. The molecule has 39 heavy (non-hydrogen) atoms. The molecule has 194 valence electrons. The van der Waals surface area contributed by atoms with Gasteiger partial charge in [-0.3, -0.25) is 19.9 Å². The zero-order valence-electron chi connectivity index (χ0n) is 20.7. The van der Waals surface area contributed by atoms with Crippen molar-refractivity contribution in [2.75, 3.05) is 5.32 Å². The average molecular weight is 523 g/mol. The Balaban J connectivity index is 1.26. The number of fused-ring (bicyclic) bond motifs is 2. The second-order valence-electron chi connectivity index (χ2n) is 9.72. The summed E-state index contributed by atoms with van der Waals surface area (Å²) in [7, 11) is 0. The molecule has 6 heterocycles. The van der Waals surface area contributed by atoms with Gasteiger partial charge in [-0.25, -0.2) is 14.4 Å². The summed E-state index contributed by atoms with van der Waals surface area (Å²) >= 11 is 0. The van der Waals surface area contributed by atoms with Gasteiger partial charge in [0.1, 0.15) is 11.4 Å². The van der Waals surface area contributed by atoms with Gasteiger partial charge in [0.15, 0.2) is 17.3 Å². The molecule has 7 rings (SSSR count). The fourth-order valence-corrected chi connectivity index (χ4v) is 5.28. The standard InChI is InChI=1S/C28H23FN8O2/c29-22-21-20(13-32-23(22)17-10-18(12-30-11-17)33-28(38)15-4-2-1-3-5-15)36-37-25(21)27-34-24-19(16-7-9-39-14-16)6-8-31-26(24)35-27/h6-15H,1-5H2,(H,33,38)(H,36,37)(H,31,34,35). The maximum Gasteiger partial charge on any atom is 0.227 e. The minimum Gasteiger partial charge on any atom is -0.472 e. The molecule has 1 aliphatic carbocycles. The number of furan rings is 1. The van der Waals surface area contributed by atoms with E-state index in [9.17, 15) is 4.79 Å². The first-order chi connectivity index (χ1) is 19.2. The molecule has 1 fully saturated rings. The smallest absolute Gasteiger partial charge is 0.227 e. The van der Waals surface area contributed by atoms with Crippen molar-refractivity contribution >= 4 is 33.7 Å². The number of carbonyl (C=O) groups is 1. The summed E-state index contributed by atoms with van der Waals surface area (Å²) in [5.74, 6) is -0.239. The van der Waals surface area contributed by atoms with Crippen LogP contribution in [0.5, 0.6) is 0 Å². The van der Waals surface area contributed by atoms with E-state index >= 15 is 4.39 Å². The molecular weight excluding hydrogens is 499 g/mol. The number of nitrogens with one attached hydrogen (secondary N) is 3. The van der Waals surface area contributed by atoms with Gasteiger partial charge in [0, 0.05) is 35.0 Å². The molecule has 3 N–H and O–H groups in total. The molecule has 1 saturated carbocycles. The lowest BCUT2D eigenvalue weighted by Crippen LogP contribution is -2.24. The third-order valence-corrected chi connectivity index (χ3v) is 7.25. The van der Waals surface area contributed by atoms with Crippen LogP contribution in [-0.2, 0) is 4.79 Å². The van der Waals surface area contributed by atoms with Crippen LogP contribution < -0.4 is 5.32 Å². The summed E-state index contributed by atoms with van der Waals surface area (Å²) in [4.78, 5) is 33.5. The average Bonchev–Trinajstić information content (AvgIpc) is 3.73. The lowest BCUT2D eigenvalue weighted by atomic mass is 9.88. The highest BCUT2D eigenvalue weighted by Crippen LogP contribution is 2.34. The van der Waals surface area contributed by atoms with Crippen molar-refractivity contribution in [3.63, 3.8) is 0 Å². The number of hydrogen-bond acceptors (Lipinski definition) is 7. The summed E-state index contributed by atoms with van der Waals surface area (Å²) < 4.78 is 21.3. The molecule has 0 radical (unpaired) electrons. The Hall–Kier alpha value is -4.93. The van der Waals surface area contributed by atoms with Gasteiger partial charge in [-0.2, -0.15) is 5.10 Å². The molecule has 1 amide bonds. The third kappa shape index (κ3) is 4.12. The van der Waals surface area contributed by atoms with E-state index in [0.29, 0.717) is 39.4 Å². The first kappa shape index (κ1) is 23.2. The first-order valence-corrected chi connectivity index (χ1v) is 12.8. The number of imidazole rings is 1. The van der Waals surface area contributed by atoms with Crippen LogP contribution in [0.25, 0.3) is 56.0 Å². The number of amides is 1. The Morgan fingerprint density at radius 3 is 2.79 bits per heavy atom. The lowest BCUT2D eigenvalue weighted by Gasteiger charge is -2.20. The molecule has 1 aliphatic rings. The normalized spacial score (nSPS) is 14.3. The van der Waals surface area contributed by atoms with E-state index < -0.39 is 5.82 Å². The van der Waals surface area contributed by atoms with E-state index in [1.165, 1.54) is 18.8 Å². The third-order valence-electron chi connectivity index (χ3n) is 7.25. The number of aromatic amines is 2. The summed E-state index contributed by atoms with van der Waals surface area (Å²) in [6, 6.07) is 5.39. The summed E-state index contributed by atoms with van der Waals surface area (Å²) in [5, 5.41) is 10.4. The zero-order chi connectivity index (χ0) is 26.3. The minimum atomic E-state index is -0.572.